The Morgan fingerprint density at radius 1 is 1.40 bits per heavy atom. The summed E-state index contributed by atoms with van der Waals surface area (Å²) in [7, 11) is 0. The van der Waals surface area contributed by atoms with Gasteiger partial charge in [-0.15, -0.1) is 5.10 Å². The number of halogens is 1. The second kappa shape index (κ2) is 8.08. The number of carbonyl (C=O) groups excluding carboxylic acids is 1. The molecule has 1 aromatic heterocycles. The molecule has 1 aliphatic carbocycles. The molecule has 0 bridgehead atoms. The van der Waals surface area contributed by atoms with Crippen LogP contribution in [0.25, 0.3) is 0 Å². The number of aromatic nitrogens is 2. The van der Waals surface area contributed by atoms with Crippen molar-refractivity contribution < 1.29 is 4.79 Å². The molecule has 1 aromatic rings. The monoisotopic (exact) mass is 359 g/mol. The molecular formula is C14H22BrN3OS. The number of alkyl halides is 1. The van der Waals surface area contributed by atoms with Crippen LogP contribution in [-0.4, -0.2) is 27.4 Å². The Morgan fingerprint density at radius 3 is 2.85 bits per heavy atom. The first kappa shape index (κ1) is 15.9. The molecule has 0 spiro atoms. The van der Waals surface area contributed by atoms with E-state index in [9.17, 15) is 4.79 Å². The molecule has 2 unspecified atom stereocenters. The minimum Gasteiger partial charge on any atom is -0.351 e. The second-order valence-corrected chi connectivity index (χ2v) is 6.87. The average molecular weight is 360 g/mol. The first-order valence-electron chi connectivity index (χ1n) is 7.41. The fourth-order valence-electron chi connectivity index (χ4n) is 2.84. The highest BCUT2D eigenvalue weighted by Gasteiger charge is 2.25. The molecule has 1 saturated carbocycles. The number of amides is 1. The molecule has 0 aliphatic heterocycles. The van der Waals surface area contributed by atoms with Crippen LogP contribution in [0.5, 0.6) is 0 Å². The minimum absolute atomic E-state index is 0.00217. The summed E-state index contributed by atoms with van der Waals surface area (Å²) in [6.07, 6.45) is 6.91. The molecule has 1 N–H and O–H groups in total. The van der Waals surface area contributed by atoms with Gasteiger partial charge in [-0.05, 0) is 42.6 Å². The summed E-state index contributed by atoms with van der Waals surface area (Å²) in [5, 5.41) is 8.18. The molecule has 0 radical (unpaired) electrons. The highest BCUT2D eigenvalue weighted by molar-refractivity contribution is 9.09. The lowest BCUT2D eigenvalue weighted by molar-refractivity contribution is 0.0940. The van der Waals surface area contributed by atoms with Crippen LogP contribution in [-0.2, 0) is 6.42 Å². The van der Waals surface area contributed by atoms with Crippen molar-refractivity contribution in [3.63, 3.8) is 0 Å². The first-order chi connectivity index (χ1) is 9.76. The van der Waals surface area contributed by atoms with E-state index in [4.69, 9.17) is 0 Å². The van der Waals surface area contributed by atoms with Gasteiger partial charge >= 0.3 is 0 Å². The van der Waals surface area contributed by atoms with Crippen molar-refractivity contribution in [1.82, 2.24) is 14.9 Å². The van der Waals surface area contributed by atoms with Gasteiger partial charge in [0.25, 0.3) is 5.91 Å². The van der Waals surface area contributed by atoms with Crippen LogP contribution in [0.1, 0.15) is 54.4 Å². The predicted octanol–water partition coefficient (Wildman–Crippen LogP) is 3.42. The Bertz CT molecular complexity index is 438. The molecule has 0 saturated heterocycles. The molecule has 1 fully saturated rings. The van der Waals surface area contributed by atoms with E-state index in [-0.39, 0.29) is 5.91 Å². The van der Waals surface area contributed by atoms with E-state index in [1.165, 1.54) is 37.2 Å². The maximum atomic E-state index is 12.2. The molecule has 4 nitrogen and oxygen atoms in total. The van der Waals surface area contributed by atoms with Gasteiger partial charge in [-0.2, -0.15) is 0 Å². The number of hydrogen-bond acceptors (Lipinski definition) is 4. The molecule has 1 amide bonds. The summed E-state index contributed by atoms with van der Waals surface area (Å²) in [6.45, 7) is 2.86. The van der Waals surface area contributed by atoms with Gasteiger partial charge in [0.2, 0.25) is 0 Å². The SMILES string of the molecule is CCCc1nnsc1C(=O)NCC1CCCCC1CBr. The highest BCUT2D eigenvalue weighted by Crippen LogP contribution is 2.30. The molecule has 2 rings (SSSR count). The maximum absolute atomic E-state index is 12.2. The fourth-order valence-corrected chi connectivity index (χ4v) is 4.32. The van der Waals surface area contributed by atoms with Crippen molar-refractivity contribution in [2.24, 2.45) is 11.8 Å². The third-order valence-electron chi connectivity index (χ3n) is 4.04. The standard InChI is InChI=1S/C14H22BrN3OS/c1-2-5-12-13(20-18-17-12)14(19)16-9-11-7-4-3-6-10(11)8-15/h10-11H,2-9H2,1H3,(H,16,19). The third kappa shape index (κ3) is 4.01. The smallest absolute Gasteiger partial charge is 0.264 e. The van der Waals surface area contributed by atoms with Gasteiger partial charge in [0, 0.05) is 11.9 Å². The molecular weight excluding hydrogens is 338 g/mol. The normalized spacial score (nSPS) is 22.7. The van der Waals surface area contributed by atoms with Crippen molar-refractivity contribution in [2.45, 2.75) is 45.4 Å². The molecule has 1 aliphatic rings. The minimum atomic E-state index is 0.00217. The van der Waals surface area contributed by atoms with Crippen LogP contribution in [0, 0.1) is 11.8 Å². The summed E-state index contributed by atoms with van der Waals surface area (Å²) in [5.41, 5.74) is 0.843. The van der Waals surface area contributed by atoms with Gasteiger partial charge < -0.3 is 5.32 Å². The molecule has 20 heavy (non-hydrogen) atoms. The Balaban J connectivity index is 1.89. The average Bonchev–Trinajstić information content (AvgIpc) is 2.94. The summed E-state index contributed by atoms with van der Waals surface area (Å²) in [4.78, 5) is 12.9. The number of aryl methyl sites for hydroxylation is 1. The summed E-state index contributed by atoms with van der Waals surface area (Å²) >= 11 is 4.81. The lowest BCUT2D eigenvalue weighted by Crippen LogP contribution is -2.34. The first-order valence-corrected chi connectivity index (χ1v) is 9.31. The van der Waals surface area contributed by atoms with E-state index in [0.717, 1.165) is 30.4 Å². The van der Waals surface area contributed by atoms with Crippen molar-refractivity contribution >= 4 is 33.4 Å². The van der Waals surface area contributed by atoms with Crippen LogP contribution in [0.2, 0.25) is 0 Å². The van der Waals surface area contributed by atoms with E-state index < -0.39 is 0 Å². The van der Waals surface area contributed by atoms with E-state index >= 15 is 0 Å². The van der Waals surface area contributed by atoms with Crippen LogP contribution < -0.4 is 5.32 Å². The lowest BCUT2D eigenvalue weighted by atomic mass is 9.80. The predicted molar refractivity (Wildman–Crippen MR) is 85.5 cm³/mol. The van der Waals surface area contributed by atoms with Crippen molar-refractivity contribution in [3.8, 4) is 0 Å². The van der Waals surface area contributed by atoms with Crippen molar-refractivity contribution in [2.75, 3.05) is 11.9 Å². The fraction of sp³-hybridized carbons (Fsp3) is 0.786. The topological polar surface area (TPSA) is 54.9 Å². The highest BCUT2D eigenvalue weighted by atomic mass is 79.9. The number of nitrogens with one attached hydrogen (secondary N) is 1. The zero-order valence-electron chi connectivity index (χ0n) is 11.9. The van der Waals surface area contributed by atoms with E-state index in [1.54, 1.807) is 0 Å². The van der Waals surface area contributed by atoms with Crippen molar-refractivity contribution in [1.29, 1.82) is 0 Å². The second-order valence-electron chi connectivity index (χ2n) is 5.47. The number of rotatable bonds is 6. The van der Waals surface area contributed by atoms with E-state index in [1.807, 2.05) is 0 Å². The van der Waals surface area contributed by atoms with Crippen molar-refractivity contribution in [3.05, 3.63) is 10.6 Å². The summed E-state index contributed by atoms with van der Waals surface area (Å²) in [6, 6.07) is 0. The Labute approximate surface area is 133 Å². The van der Waals surface area contributed by atoms with Crippen LogP contribution in [0.15, 0.2) is 0 Å². The lowest BCUT2D eigenvalue weighted by Gasteiger charge is -2.30. The molecule has 1 heterocycles. The van der Waals surface area contributed by atoms with Crippen LogP contribution in [0.4, 0.5) is 0 Å². The Morgan fingerprint density at radius 2 is 2.15 bits per heavy atom. The van der Waals surface area contributed by atoms with E-state index in [0.29, 0.717) is 16.7 Å². The molecule has 2 atom stereocenters. The third-order valence-corrected chi connectivity index (χ3v) is 5.64. The molecule has 112 valence electrons. The summed E-state index contributed by atoms with van der Waals surface area (Å²) in [5.74, 6) is 1.30. The molecule has 0 aromatic carbocycles. The van der Waals surface area contributed by atoms with Gasteiger partial charge in [0.15, 0.2) is 0 Å². The summed E-state index contributed by atoms with van der Waals surface area (Å²) < 4.78 is 3.91. The maximum Gasteiger partial charge on any atom is 0.264 e. The number of hydrogen-bond donors (Lipinski definition) is 1. The van der Waals surface area contributed by atoms with Crippen LogP contribution >= 0.6 is 27.5 Å². The van der Waals surface area contributed by atoms with Gasteiger partial charge in [-0.1, -0.05) is 46.6 Å². The number of nitrogens with zero attached hydrogens (tertiary/aromatic N) is 2. The Hall–Kier alpha value is -0.490. The van der Waals surface area contributed by atoms with Gasteiger partial charge in [-0.3, -0.25) is 4.79 Å². The number of carbonyl (C=O) groups is 1. The van der Waals surface area contributed by atoms with Gasteiger partial charge in [0.05, 0.1) is 5.69 Å². The molecule has 6 heteroatoms. The van der Waals surface area contributed by atoms with Crippen LogP contribution in [0.3, 0.4) is 0 Å². The van der Waals surface area contributed by atoms with Gasteiger partial charge in [-0.25, -0.2) is 0 Å². The van der Waals surface area contributed by atoms with Gasteiger partial charge in [0.1, 0.15) is 4.88 Å². The quantitative estimate of drug-likeness (QED) is 0.791. The zero-order valence-corrected chi connectivity index (χ0v) is 14.3. The zero-order chi connectivity index (χ0) is 14.4. The van der Waals surface area contributed by atoms with E-state index in [2.05, 4.69) is 37.8 Å². The largest absolute Gasteiger partial charge is 0.351 e. The Kier molecular flexibility index (Phi) is 6.42.